The molecule has 1 unspecified atom stereocenters. The van der Waals surface area contributed by atoms with Gasteiger partial charge in [0.1, 0.15) is 26.4 Å². The van der Waals surface area contributed by atoms with E-state index in [1.807, 2.05) is 0 Å². The van der Waals surface area contributed by atoms with Crippen LogP contribution in [0.4, 0.5) is 101 Å². The lowest BCUT2D eigenvalue weighted by atomic mass is 10.2. The fraction of sp³-hybridized carbons (Fsp3) is 1.00. The van der Waals surface area contributed by atoms with E-state index >= 15 is 0 Å². The molecule has 0 aliphatic heterocycles. The molecule has 48 heavy (non-hydrogen) atoms. The molecule has 0 spiro atoms. The van der Waals surface area contributed by atoms with E-state index in [9.17, 15) is 110 Å². The first kappa shape index (κ1) is 46.6. The molecule has 0 aromatic heterocycles. The van der Waals surface area contributed by atoms with E-state index in [4.69, 9.17) is 0 Å². The van der Waals surface area contributed by atoms with Crippen LogP contribution in [0.1, 0.15) is 0 Å². The number of halogens is 23. The van der Waals surface area contributed by atoms with Gasteiger partial charge in [-0.25, -0.2) is 39.7 Å². The highest BCUT2D eigenvalue weighted by molar-refractivity contribution is 7.56. The third-order valence-corrected chi connectivity index (χ3v) is 8.09. The van der Waals surface area contributed by atoms with Crippen LogP contribution in [0, 0.1) is 0 Å². The van der Waals surface area contributed by atoms with E-state index in [0.717, 1.165) is 0 Å². The number of hydrogen-bond acceptors (Lipinski definition) is 7. The fourth-order valence-electron chi connectivity index (χ4n) is 1.99. The smallest absolute Gasteiger partial charge is 0.300 e. The van der Waals surface area contributed by atoms with Crippen LogP contribution in [0.25, 0.3) is 0 Å². The van der Waals surface area contributed by atoms with E-state index in [1.54, 1.807) is 0 Å². The second-order valence-electron chi connectivity index (χ2n) is 8.48. The normalized spacial score (nSPS) is 16.1. The number of alkyl halides is 23. The highest BCUT2D eigenvalue weighted by Gasteiger charge is 2.80. The zero-order chi connectivity index (χ0) is 38.8. The SMILES string of the molecule is O=P(OCC(F)(F)C(F)F)(OCC(F)(F)C(F)F)OC(C(F)(F)C(F)(F)C(F)(F)F)P(=O)(OCC(F)(F)C(F)F)OCC(F)(F)C(F)F. The Morgan fingerprint density at radius 1 is 0.438 bits per heavy atom. The van der Waals surface area contributed by atoms with Crippen molar-refractivity contribution >= 4 is 15.4 Å². The largest absolute Gasteiger partial charge is 0.476 e. The monoisotopic (exact) mass is 816 g/mol. The topological polar surface area (TPSA) is 80.3 Å². The Hall–Kier alpha value is -1.35. The van der Waals surface area contributed by atoms with Crippen molar-refractivity contribution < 1.29 is 133 Å². The predicted molar refractivity (Wildman–Crippen MR) is 104 cm³/mol. The van der Waals surface area contributed by atoms with Gasteiger partial charge in [0.25, 0.3) is 0 Å². The average Bonchev–Trinajstić information content (AvgIpc) is 2.91. The van der Waals surface area contributed by atoms with Gasteiger partial charge in [-0.1, -0.05) is 0 Å². The summed E-state index contributed by atoms with van der Waals surface area (Å²) in [6.07, 6.45) is -28.4. The maximum Gasteiger partial charge on any atom is 0.476 e. The molecule has 290 valence electrons. The molecule has 0 radical (unpaired) electrons. The third kappa shape index (κ3) is 11.6. The van der Waals surface area contributed by atoms with E-state index < -0.39 is 115 Å². The molecule has 32 heteroatoms. The van der Waals surface area contributed by atoms with Gasteiger partial charge < -0.3 is 0 Å². The molecule has 0 rings (SSSR count). The Morgan fingerprint density at radius 3 is 0.917 bits per heavy atom. The molecule has 0 aromatic carbocycles. The van der Waals surface area contributed by atoms with Crippen LogP contribution >= 0.6 is 15.4 Å². The summed E-state index contributed by atoms with van der Waals surface area (Å²) in [4.78, 5) is 0. The van der Waals surface area contributed by atoms with E-state index in [2.05, 4.69) is 22.6 Å². The molecule has 0 aliphatic carbocycles. The molecule has 0 fully saturated rings. The first-order valence-electron chi connectivity index (χ1n) is 10.9. The standard InChI is InChI=1S/C16H13F23O7P2/c17-5(18)10(25,26)1-42-47(40,43-2-11(27,28)6(19)20)9(14(33,34)15(35,36)16(37,38)39)46-48(41,44-3-12(29,30)7(21)22)45-4-13(31,32)8(23)24/h5-9H,1-4H2. The fourth-order valence-corrected chi connectivity index (χ4v) is 5.64. The maximum absolute atomic E-state index is 14.8. The van der Waals surface area contributed by atoms with Crippen molar-refractivity contribution in [3.63, 3.8) is 0 Å². The first-order valence-corrected chi connectivity index (χ1v) is 13.9. The summed E-state index contributed by atoms with van der Waals surface area (Å²) in [6, 6.07) is 0. The Bertz CT molecular complexity index is 1070. The van der Waals surface area contributed by atoms with Gasteiger partial charge in [0.15, 0.2) is 0 Å². The van der Waals surface area contributed by atoms with Gasteiger partial charge in [-0.3, -0.25) is 27.2 Å². The summed E-state index contributed by atoms with van der Waals surface area (Å²) in [5, 5.41) is 0. The van der Waals surface area contributed by atoms with Crippen LogP contribution < -0.4 is 0 Å². The predicted octanol–water partition coefficient (Wildman–Crippen LogP) is 9.13. The zero-order valence-corrected chi connectivity index (χ0v) is 23.4. The summed E-state index contributed by atoms with van der Waals surface area (Å²) in [5.74, 6) is -45.8. The quantitative estimate of drug-likeness (QED) is 0.0845. The van der Waals surface area contributed by atoms with E-state index in [-0.39, 0.29) is 0 Å². The Labute approximate surface area is 249 Å². The summed E-state index contributed by atoms with van der Waals surface area (Å²) >= 11 is 0. The molecule has 0 saturated carbocycles. The summed E-state index contributed by atoms with van der Waals surface area (Å²) in [7, 11) is -16.1. The van der Waals surface area contributed by atoms with Crippen molar-refractivity contribution in [1.29, 1.82) is 0 Å². The van der Waals surface area contributed by atoms with E-state index in [1.165, 1.54) is 0 Å². The number of rotatable bonds is 21. The van der Waals surface area contributed by atoms with Crippen molar-refractivity contribution in [1.82, 2.24) is 0 Å². The Morgan fingerprint density at radius 2 is 0.688 bits per heavy atom. The summed E-state index contributed by atoms with van der Waals surface area (Å²) in [6.45, 7) is -14.2. The maximum atomic E-state index is 14.8. The second kappa shape index (κ2) is 15.5. The van der Waals surface area contributed by atoms with Gasteiger partial charge in [0.05, 0.1) is 0 Å². The molecule has 0 aromatic rings. The van der Waals surface area contributed by atoms with Crippen LogP contribution in [0.5, 0.6) is 0 Å². The molecule has 0 saturated heterocycles. The molecule has 0 bridgehead atoms. The van der Waals surface area contributed by atoms with Gasteiger partial charge in [-0.15, -0.1) is 0 Å². The van der Waals surface area contributed by atoms with Crippen LogP contribution in [-0.2, 0) is 31.7 Å². The molecular formula is C16H13F23O7P2. The minimum atomic E-state index is -8.24. The van der Waals surface area contributed by atoms with Crippen molar-refractivity contribution in [2.45, 2.75) is 73.3 Å². The minimum Gasteiger partial charge on any atom is -0.300 e. The zero-order valence-electron chi connectivity index (χ0n) is 21.7. The lowest BCUT2D eigenvalue weighted by Gasteiger charge is -2.38. The molecule has 1 atom stereocenters. The molecule has 7 nitrogen and oxygen atoms in total. The average molecular weight is 816 g/mol. The number of hydrogen-bond donors (Lipinski definition) is 0. The van der Waals surface area contributed by atoms with Gasteiger partial charge in [-0.05, 0) is 0 Å². The van der Waals surface area contributed by atoms with Gasteiger partial charge in [-0.2, -0.15) is 65.9 Å². The molecule has 0 heterocycles. The lowest BCUT2D eigenvalue weighted by molar-refractivity contribution is -0.364. The Balaban J connectivity index is 7.70. The van der Waals surface area contributed by atoms with Gasteiger partial charge in [0, 0.05) is 0 Å². The van der Waals surface area contributed by atoms with Gasteiger partial charge >= 0.3 is 82.8 Å². The molecule has 0 aliphatic rings. The van der Waals surface area contributed by atoms with Crippen LogP contribution in [-0.4, -0.2) is 99.7 Å². The number of phosphoric acid groups is 1. The molecule has 0 N–H and O–H groups in total. The highest BCUT2D eigenvalue weighted by Crippen LogP contribution is 2.69. The first-order chi connectivity index (χ1) is 20.9. The van der Waals surface area contributed by atoms with Crippen molar-refractivity contribution in [3.8, 4) is 0 Å². The summed E-state index contributed by atoms with van der Waals surface area (Å²) in [5.41, 5.74) is 0. The minimum absolute atomic E-state index is 3.00. The van der Waals surface area contributed by atoms with Crippen LogP contribution in [0.2, 0.25) is 0 Å². The molecule has 0 amide bonds. The molecular weight excluding hydrogens is 803 g/mol. The Kier molecular flexibility index (Phi) is 15.1. The lowest BCUT2D eigenvalue weighted by Crippen LogP contribution is -2.58. The van der Waals surface area contributed by atoms with Crippen LogP contribution in [0.15, 0.2) is 0 Å². The van der Waals surface area contributed by atoms with Crippen molar-refractivity contribution in [2.75, 3.05) is 26.4 Å². The number of phosphoric ester groups is 1. The summed E-state index contributed by atoms with van der Waals surface area (Å²) < 4.78 is 343. The van der Waals surface area contributed by atoms with Crippen molar-refractivity contribution in [2.24, 2.45) is 0 Å². The van der Waals surface area contributed by atoms with E-state index in [0.29, 0.717) is 0 Å². The highest BCUT2D eigenvalue weighted by atomic mass is 31.2. The van der Waals surface area contributed by atoms with Crippen LogP contribution in [0.3, 0.4) is 0 Å². The van der Waals surface area contributed by atoms with Crippen molar-refractivity contribution in [3.05, 3.63) is 0 Å². The third-order valence-electron chi connectivity index (χ3n) is 4.58. The second-order valence-corrected chi connectivity index (χ2v) is 12.2. The van der Waals surface area contributed by atoms with Gasteiger partial charge in [0.2, 0.25) is 5.85 Å².